The fraction of sp³-hybridized carbons (Fsp3) is 0.556. The van der Waals surface area contributed by atoms with E-state index < -0.39 is 10.9 Å². The largest absolute Gasteiger partial charge is 0.452 e. The predicted molar refractivity (Wildman–Crippen MR) is 95.0 cm³/mol. The maximum atomic E-state index is 12.4. The van der Waals surface area contributed by atoms with Crippen molar-refractivity contribution in [2.75, 3.05) is 19.7 Å². The fourth-order valence-corrected chi connectivity index (χ4v) is 4.10. The van der Waals surface area contributed by atoms with Gasteiger partial charge in [-0.1, -0.05) is 30.9 Å². The Morgan fingerprint density at radius 1 is 1.23 bits per heavy atom. The van der Waals surface area contributed by atoms with Gasteiger partial charge in [-0.05, 0) is 30.7 Å². The molecule has 1 aromatic carbocycles. The summed E-state index contributed by atoms with van der Waals surface area (Å²) in [7, 11) is 0. The molecule has 1 aromatic rings. The number of benzene rings is 1. The van der Waals surface area contributed by atoms with Crippen LogP contribution in [0, 0.1) is 22.0 Å². The van der Waals surface area contributed by atoms with E-state index in [1.807, 2.05) is 0 Å². The number of amides is 1. The number of non-ortho nitro benzene ring substituents is 1. The van der Waals surface area contributed by atoms with Crippen molar-refractivity contribution in [2.24, 2.45) is 11.8 Å². The first kappa shape index (κ1) is 18.6. The maximum Gasteiger partial charge on any atom is 0.340 e. The highest BCUT2D eigenvalue weighted by Crippen LogP contribution is 2.36. The number of hydrogen-bond donors (Lipinski definition) is 0. The van der Waals surface area contributed by atoms with Gasteiger partial charge in [-0.3, -0.25) is 14.9 Å². The summed E-state index contributed by atoms with van der Waals surface area (Å²) in [5.41, 5.74) is -0.369. The van der Waals surface area contributed by atoms with Crippen LogP contribution < -0.4 is 0 Å². The number of nitro groups is 1. The molecule has 1 aliphatic heterocycles. The van der Waals surface area contributed by atoms with Gasteiger partial charge in [0.2, 0.25) is 0 Å². The smallest absolute Gasteiger partial charge is 0.340 e. The fourth-order valence-electron chi connectivity index (χ4n) is 3.91. The number of fused-ring (bicyclic) bond motifs is 1. The molecule has 2 fully saturated rings. The second kappa shape index (κ2) is 8.03. The number of ether oxygens (including phenoxy) is 1. The zero-order valence-corrected chi connectivity index (χ0v) is 15.1. The van der Waals surface area contributed by atoms with E-state index in [1.165, 1.54) is 31.4 Å². The van der Waals surface area contributed by atoms with E-state index in [2.05, 4.69) is 0 Å². The van der Waals surface area contributed by atoms with Crippen LogP contribution in [0.3, 0.4) is 0 Å². The van der Waals surface area contributed by atoms with Crippen molar-refractivity contribution in [1.82, 2.24) is 4.90 Å². The summed E-state index contributed by atoms with van der Waals surface area (Å²) in [5, 5.41) is 10.9. The zero-order valence-electron chi connectivity index (χ0n) is 14.4. The molecule has 3 rings (SSSR count). The molecule has 1 saturated carbocycles. The summed E-state index contributed by atoms with van der Waals surface area (Å²) in [5.74, 6) is 0.186. The molecule has 140 valence electrons. The lowest BCUT2D eigenvalue weighted by Gasteiger charge is -2.41. The molecule has 26 heavy (non-hydrogen) atoms. The van der Waals surface area contributed by atoms with E-state index in [4.69, 9.17) is 16.3 Å². The number of hydrogen-bond acceptors (Lipinski definition) is 5. The van der Waals surface area contributed by atoms with Gasteiger partial charge in [-0.2, -0.15) is 0 Å². The molecule has 7 nitrogen and oxygen atoms in total. The number of carbonyl (C=O) groups excluding carboxylic acids is 2. The average Bonchev–Trinajstić information content (AvgIpc) is 2.65. The van der Waals surface area contributed by atoms with Crippen LogP contribution in [-0.4, -0.2) is 41.4 Å². The molecule has 1 heterocycles. The number of nitrogens with zero attached hydrogens (tertiary/aromatic N) is 2. The standard InChI is InChI=1S/C18H21ClN2O5/c19-16-6-5-14(21(24)25)9-15(16)18(23)26-11-17(22)20-8-7-12-3-1-2-4-13(12)10-20/h5-6,9,12-13H,1-4,7-8,10-11H2/t12-,13+/m0/s1. The Kier molecular flexibility index (Phi) is 5.76. The van der Waals surface area contributed by atoms with E-state index in [1.54, 1.807) is 4.90 Å². The molecule has 0 unspecified atom stereocenters. The van der Waals surface area contributed by atoms with Crippen LogP contribution in [0.1, 0.15) is 42.5 Å². The normalized spacial score (nSPS) is 22.4. The van der Waals surface area contributed by atoms with Crippen LogP contribution in [-0.2, 0) is 9.53 Å². The van der Waals surface area contributed by atoms with Crippen LogP contribution in [0.25, 0.3) is 0 Å². The van der Waals surface area contributed by atoms with Crippen LogP contribution in [0.15, 0.2) is 18.2 Å². The minimum atomic E-state index is -0.834. The van der Waals surface area contributed by atoms with Gasteiger partial charge >= 0.3 is 5.97 Å². The molecule has 1 amide bonds. The first-order chi connectivity index (χ1) is 12.5. The van der Waals surface area contributed by atoms with E-state index >= 15 is 0 Å². The molecule has 0 N–H and O–H groups in total. The molecule has 2 atom stereocenters. The molecule has 2 aliphatic rings. The van der Waals surface area contributed by atoms with Crippen molar-refractivity contribution in [3.8, 4) is 0 Å². The highest BCUT2D eigenvalue weighted by molar-refractivity contribution is 6.33. The van der Waals surface area contributed by atoms with Crippen LogP contribution in [0.4, 0.5) is 5.69 Å². The summed E-state index contributed by atoms with van der Waals surface area (Å²) in [6, 6.07) is 3.53. The van der Waals surface area contributed by atoms with Crippen molar-refractivity contribution < 1.29 is 19.2 Å². The number of rotatable bonds is 4. The molecular weight excluding hydrogens is 360 g/mol. The third-order valence-electron chi connectivity index (χ3n) is 5.35. The highest BCUT2D eigenvalue weighted by Gasteiger charge is 2.33. The molecule has 1 aliphatic carbocycles. The minimum Gasteiger partial charge on any atom is -0.452 e. The van der Waals surface area contributed by atoms with Crippen LogP contribution in [0.2, 0.25) is 5.02 Å². The van der Waals surface area contributed by atoms with Crippen molar-refractivity contribution in [2.45, 2.75) is 32.1 Å². The molecule has 0 radical (unpaired) electrons. The topological polar surface area (TPSA) is 89.8 Å². The lowest BCUT2D eigenvalue weighted by Crippen LogP contribution is -2.46. The summed E-state index contributed by atoms with van der Waals surface area (Å²) >= 11 is 5.92. The summed E-state index contributed by atoms with van der Waals surface area (Å²) < 4.78 is 5.06. The molecule has 1 saturated heterocycles. The van der Waals surface area contributed by atoms with Gasteiger partial charge in [0.05, 0.1) is 15.5 Å². The molecule has 0 spiro atoms. The highest BCUT2D eigenvalue weighted by atomic mass is 35.5. The number of piperidine rings is 1. The molecule has 0 bridgehead atoms. The van der Waals surface area contributed by atoms with Crippen molar-refractivity contribution in [3.63, 3.8) is 0 Å². The Labute approximate surface area is 156 Å². The van der Waals surface area contributed by atoms with Crippen molar-refractivity contribution in [3.05, 3.63) is 38.9 Å². The minimum absolute atomic E-state index is 0.0519. The maximum absolute atomic E-state index is 12.4. The number of esters is 1. The van der Waals surface area contributed by atoms with Gasteiger partial charge in [0.1, 0.15) is 0 Å². The van der Waals surface area contributed by atoms with Gasteiger partial charge in [0.25, 0.3) is 11.6 Å². The Morgan fingerprint density at radius 3 is 2.69 bits per heavy atom. The van der Waals surface area contributed by atoms with Gasteiger partial charge in [0, 0.05) is 25.2 Å². The van der Waals surface area contributed by atoms with E-state index in [-0.39, 0.29) is 28.8 Å². The average molecular weight is 381 g/mol. The van der Waals surface area contributed by atoms with Crippen LogP contribution in [0.5, 0.6) is 0 Å². The lowest BCUT2D eigenvalue weighted by molar-refractivity contribution is -0.384. The van der Waals surface area contributed by atoms with Crippen LogP contribution >= 0.6 is 11.6 Å². The van der Waals surface area contributed by atoms with Gasteiger partial charge in [-0.15, -0.1) is 0 Å². The predicted octanol–water partition coefficient (Wildman–Crippen LogP) is 3.44. The summed E-state index contributed by atoms with van der Waals surface area (Å²) in [6.07, 6.45) is 5.88. The molecule has 8 heteroatoms. The van der Waals surface area contributed by atoms with Crippen molar-refractivity contribution >= 4 is 29.2 Å². The Morgan fingerprint density at radius 2 is 1.96 bits per heavy atom. The summed E-state index contributed by atoms with van der Waals surface area (Å²) in [4.78, 5) is 36.5. The zero-order chi connectivity index (χ0) is 18.7. The first-order valence-electron chi connectivity index (χ1n) is 8.84. The first-order valence-corrected chi connectivity index (χ1v) is 9.22. The Balaban J connectivity index is 1.57. The number of likely N-dealkylation sites (tertiary alicyclic amines) is 1. The third-order valence-corrected chi connectivity index (χ3v) is 5.68. The Bertz CT molecular complexity index is 724. The number of nitro benzene ring substituents is 1. The number of halogens is 1. The quantitative estimate of drug-likeness (QED) is 0.453. The SMILES string of the molecule is O=C(OCC(=O)N1CC[C@@H]2CCCC[C@@H]2C1)c1cc([N+](=O)[O-])ccc1Cl. The van der Waals surface area contributed by atoms with Gasteiger partial charge in [0.15, 0.2) is 6.61 Å². The van der Waals surface area contributed by atoms with Gasteiger partial charge < -0.3 is 9.64 Å². The van der Waals surface area contributed by atoms with E-state index in [9.17, 15) is 19.7 Å². The third kappa shape index (κ3) is 4.15. The molecular formula is C18H21ClN2O5. The van der Waals surface area contributed by atoms with Gasteiger partial charge in [-0.25, -0.2) is 4.79 Å². The Hall–Kier alpha value is -2.15. The lowest BCUT2D eigenvalue weighted by atomic mass is 9.75. The monoisotopic (exact) mass is 380 g/mol. The second-order valence-electron chi connectivity index (χ2n) is 6.93. The summed E-state index contributed by atoms with van der Waals surface area (Å²) in [6.45, 7) is 1.03. The van der Waals surface area contributed by atoms with E-state index in [0.29, 0.717) is 18.4 Å². The van der Waals surface area contributed by atoms with Crippen molar-refractivity contribution in [1.29, 1.82) is 0 Å². The number of carbonyl (C=O) groups is 2. The van der Waals surface area contributed by atoms with E-state index in [0.717, 1.165) is 25.5 Å². The molecule has 0 aromatic heterocycles. The second-order valence-corrected chi connectivity index (χ2v) is 7.34.